The molecule has 4 nitrogen and oxygen atoms in total. The van der Waals surface area contributed by atoms with Crippen molar-refractivity contribution in [3.05, 3.63) is 28.8 Å². The zero-order chi connectivity index (χ0) is 16.4. The van der Waals surface area contributed by atoms with E-state index in [1.165, 1.54) is 14.0 Å². The van der Waals surface area contributed by atoms with E-state index in [0.29, 0.717) is 6.07 Å². The van der Waals surface area contributed by atoms with E-state index < -0.39 is 32.8 Å². The molecule has 1 unspecified atom stereocenters. The minimum Gasteiger partial charge on any atom is -0.393 e. The molecular weight excluding hydrogens is 331 g/mol. The summed E-state index contributed by atoms with van der Waals surface area (Å²) in [5.41, 5.74) is -1.09. The summed E-state index contributed by atoms with van der Waals surface area (Å²) in [7, 11) is -2.94. The van der Waals surface area contributed by atoms with E-state index in [9.17, 15) is 21.6 Å². The van der Waals surface area contributed by atoms with Gasteiger partial charge in [0, 0.05) is 13.6 Å². The normalized spacial score (nSPS) is 14.5. The number of rotatable bonds is 5. The Hall–Kier alpha value is -0.830. The predicted molar refractivity (Wildman–Crippen MR) is 72.6 cm³/mol. The second-order valence-electron chi connectivity index (χ2n) is 4.61. The average molecular weight is 346 g/mol. The topological polar surface area (TPSA) is 57.6 Å². The molecule has 120 valence electrons. The fourth-order valence-electron chi connectivity index (χ4n) is 1.53. The first kappa shape index (κ1) is 18.2. The van der Waals surface area contributed by atoms with Gasteiger partial charge in [-0.25, -0.2) is 12.7 Å². The van der Waals surface area contributed by atoms with Gasteiger partial charge in [-0.1, -0.05) is 11.6 Å². The third-order valence-corrected chi connectivity index (χ3v) is 5.15. The molecule has 0 heterocycles. The van der Waals surface area contributed by atoms with Crippen molar-refractivity contribution in [1.82, 2.24) is 4.31 Å². The maximum atomic E-state index is 12.7. The van der Waals surface area contributed by atoms with Gasteiger partial charge in [0.1, 0.15) is 4.90 Å². The number of hydrogen-bond acceptors (Lipinski definition) is 3. The largest absolute Gasteiger partial charge is 0.416 e. The van der Waals surface area contributed by atoms with Crippen molar-refractivity contribution < 1.29 is 26.7 Å². The van der Waals surface area contributed by atoms with Crippen LogP contribution in [0.15, 0.2) is 23.1 Å². The van der Waals surface area contributed by atoms with E-state index in [2.05, 4.69) is 0 Å². The first-order chi connectivity index (χ1) is 9.46. The lowest BCUT2D eigenvalue weighted by Crippen LogP contribution is -2.30. The molecular formula is C12H15ClF3NO3S. The van der Waals surface area contributed by atoms with Gasteiger partial charge in [0.15, 0.2) is 0 Å². The lowest BCUT2D eigenvalue weighted by Gasteiger charge is -2.19. The second-order valence-corrected chi connectivity index (χ2v) is 7.03. The summed E-state index contributed by atoms with van der Waals surface area (Å²) in [6.07, 6.45) is -5.22. The third kappa shape index (κ3) is 4.57. The number of benzene rings is 1. The van der Waals surface area contributed by atoms with Crippen LogP contribution in [0.4, 0.5) is 13.2 Å². The first-order valence-electron chi connectivity index (χ1n) is 5.97. The maximum absolute atomic E-state index is 12.7. The third-order valence-electron chi connectivity index (χ3n) is 2.81. The Kier molecular flexibility index (Phi) is 5.65. The van der Waals surface area contributed by atoms with Crippen LogP contribution in [0, 0.1) is 0 Å². The Morgan fingerprint density at radius 2 is 1.95 bits per heavy atom. The number of halogens is 4. The summed E-state index contributed by atoms with van der Waals surface area (Å²) >= 11 is 5.72. The summed E-state index contributed by atoms with van der Waals surface area (Å²) in [6.45, 7) is 1.45. The van der Waals surface area contributed by atoms with E-state index in [1.54, 1.807) is 0 Å². The van der Waals surface area contributed by atoms with Crippen LogP contribution >= 0.6 is 11.6 Å². The van der Waals surface area contributed by atoms with Gasteiger partial charge >= 0.3 is 6.18 Å². The van der Waals surface area contributed by atoms with Gasteiger partial charge in [-0.2, -0.15) is 13.2 Å². The highest BCUT2D eigenvalue weighted by molar-refractivity contribution is 7.89. The Bertz CT molecular complexity index is 602. The molecule has 1 aromatic rings. The molecule has 1 atom stereocenters. The molecule has 0 saturated heterocycles. The van der Waals surface area contributed by atoms with Crippen LogP contribution in [0.1, 0.15) is 18.9 Å². The Labute approximate surface area is 126 Å². The molecule has 1 aromatic carbocycles. The fourth-order valence-corrected chi connectivity index (χ4v) is 3.22. The van der Waals surface area contributed by atoms with Crippen LogP contribution in [0.5, 0.6) is 0 Å². The standard InChI is InChI=1S/C12H15ClF3NO3S/c1-8(18)5-6-17(2)21(19,20)11-7-9(12(14,15)16)3-4-10(11)13/h3-4,7-8,18H,5-6H2,1-2H3. The van der Waals surface area contributed by atoms with E-state index >= 15 is 0 Å². The average Bonchev–Trinajstić information content (AvgIpc) is 2.34. The molecule has 1 N–H and O–H groups in total. The highest BCUT2D eigenvalue weighted by Gasteiger charge is 2.33. The van der Waals surface area contributed by atoms with Gasteiger partial charge in [0.25, 0.3) is 0 Å². The Morgan fingerprint density at radius 1 is 1.38 bits per heavy atom. The number of aliphatic hydroxyl groups is 1. The molecule has 0 radical (unpaired) electrons. The van der Waals surface area contributed by atoms with Crippen molar-refractivity contribution in [2.75, 3.05) is 13.6 Å². The van der Waals surface area contributed by atoms with Crippen molar-refractivity contribution in [3.8, 4) is 0 Å². The number of aliphatic hydroxyl groups excluding tert-OH is 1. The smallest absolute Gasteiger partial charge is 0.393 e. The van der Waals surface area contributed by atoms with Crippen LogP contribution in [0.3, 0.4) is 0 Å². The van der Waals surface area contributed by atoms with Gasteiger partial charge < -0.3 is 5.11 Å². The van der Waals surface area contributed by atoms with Gasteiger partial charge in [-0.3, -0.25) is 0 Å². The van der Waals surface area contributed by atoms with E-state index in [4.69, 9.17) is 16.7 Å². The minimum atomic E-state index is -4.66. The molecule has 0 aliphatic carbocycles. The number of hydrogen-bond donors (Lipinski definition) is 1. The van der Waals surface area contributed by atoms with E-state index in [0.717, 1.165) is 16.4 Å². The van der Waals surface area contributed by atoms with Gasteiger partial charge in [-0.15, -0.1) is 0 Å². The lowest BCUT2D eigenvalue weighted by atomic mass is 10.2. The second kappa shape index (κ2) is 6.51. The number of alkyl halides is 3. The van der Waals surface area contributed by atoms with Crippen LogP contribution in [0.25, 0.3) is 0 Å². The molecule has 0 bridgehead atoms. The van der Waals surface area contributed by atoms with Crippen molar-refractivity contribution in [2.45, 2.75) is 30.5 Å². The summed E-state index contributed by atoms with van der Waals surface area (Å²) in [5, 5.41) is 8.86. The first-order valence-corrected chi connectivity index (χ1v) is 7.79. The molecule has 0 amide bonds. The predicted octanol–water partition coefficient (Wildman–Crippen LogP) is 2.75. The summed E-state index contributed by atoms with van der Waals surface area (Å²) < 4.78 is 63.3. The van der Waals surface area contributed by atoms with Crippen molar-refractivity contribution in [2.24, 2.45) is 0 Å². The highest BCUT2D eigenvalue weighted by Crippen LogP contribution is 2.34. The van der Waals surface area contributed by atoms with Crippen molar-refractivity contribution in [1.29, 1.82) is 0 Å². The van der Waals surface area contributed by atoms with Crippen LogP contribution in [0.2, 0.25) is 5.02 Å². The molecule has 9 heteroatoms. The zero-order valence-corrected chi connectivity index (χ0v) is 12.9. The van der Waals surface area contributed by atoms with Crippen molar-refractivity contribution >= 4 is 21.6 Å². The molecule has 0 fully saturated rings. The van der Waals surface area contributed by atoms with Gasteiger partial charge in [-0.05, 0) is 31.5 Å². The van der Waals surface area contributed by atoms with Gasteiger partial charge in [0.2, 0.25) is 10.0 Å². The van der Waals surface area contributed by atoms with E-state index in [1.807, 2.05) is 0 Å². The van der Waals surface area contributed by atoms with Gasteiger partial charge in [0.05, 0.1) is 16.7 Å². The Balaban J connectivity index is 3.19. The highest BCUT2D eigenvalue weighted by atomic mass is 35.5. The van der Waals surface area contributed by atoms with Crippen LogP contribution in [-0.4, -0.2) is 37.5 Å². The molecule has 0 aromatic heterocycles. The summed E-state index contributed by atoms with van der Waals surface area (Å²) in [6, 6.07) is 2.13. The van der Waals surface area contributed by atoms with Crippen LogP contribution in [-0.2, 0) is 16.2 Å². The molecule has 1 rings (SSSR count). The quantitative estimate of drug-likeness (QED) is 0.892. The fraction of sp³-hybridized carbons (Fsp3) is 0.500. The number of sulfonamides is 1. The molecule has 0 spiro atoms. The Morgan fingerprint density at radius 3 is 2.43 bits per heavy atom. The lowest BCUT2D eigenvalue weighted by molar-refractivity contribution is -0.137. The minimum absolute atomic E-state index is 0.0351. The molecule has 0 saturated carbocycles. The SMILES string of the molecule is CC(O)CCN(C)S(=O)(=O)c1cc(C(F)(F)F)ccc1Cl. The molecule has 0 aliphatic heterocycles. The zero-order valence-electron chi connectivity index (χ0n) is 11.4. The molecule has 21 heavy (non-hydrogen) atoms. The van der Waals surface area contributed by atoms with Crippen LogP contribution < -0.4 is 0 Å². The summed E-state index contributed by atoms with van der Waals surface area (Å²) in [4.78, 5) is -0.605. The monoisotopic (exact) mass is 345 g/mol. The van der Waals surface area contributed by atoms with E-state index in [-0.39, 0.29) is 18.0 Å². The van der Waals surface area contributed by atoms with Crippen molar-refractivity contribution in [3.63, 3.8) is 0 Å². The number of nitrogens with zero attached hydrogens (tertiary/aromatic N) is 1. The summed E-state index contributed by atoms with van der Waals surface area (Å²) in [5.74, 6) is 0. The molecule has 0 aliphatic rings. The maximum Gasteiger partial charge on any atom is 0.416 e.